The van der Waals surface area contributed by atoms with Crippen LogP contribution in [-0.2, 0) is 0 Å². The highest BCUT2D eigenvalue weighted by atomic mass is 35.5. The molecule has 2 unspecified atom stereocenters. The molecular formula is C18H17ClF2N4O2. The fraction of sp³-hybridized carbons (Fsp3) is 0.389. The molecule has 1 fully saturated rings. The molecule has 0 spiro atoms. The molecule has 0 aromatic heterocycles. The van der Waals surface area contributed by atoms with E-state index in [9.17, 15) is 13.6 Å². The summed E-state index contributed by atoms with van der Waals surface area (Å²) in [7, 11) is 0. The first-order valence-electron chi connectivity index (χ1n) is 8.44. The van der Waals surface area contributed by atoms with E-state index in [0.29, 0.717) is 18.9 Å². The van der Waals surface area contributed by atoms with E-state index in [-0.39, 0.29) is 23.1 Å². The number of nitrogens with zero attached hydrogens (tertiary/aromatic N) is 4. The van der Waals surface area contributed by atoms with Gasteiger partial charge >= 0.3 is 6.61 Å². The number of alkyl halides is 3. The summed E-state index contributed by atoms with van der Waals surface area (Å²) in [5, 5.41) is 6.31. The van der Waals surface area contributed by atoms with Crippen LogP contribution in [-0.4, -0.2) is 52.1 Å². The Morgan fingerprint density at radius 1 is 1.41 bits per heavy atom. The van der Waals surface area contributed by atoms with Crippen molar-refractivity contribution in [3.05, 3.63) is 41.6 Å². The molecule has 27 heavy (non-hydrogen) atoms. The highest BCUT2D eigenvalue weighted by Gasteiger charge is 2.45. The average molecular weight is 395 g/mol. The molecule has 142 valence electrons. The van der Waals surface area contributed by atoms with Crippen LogP contribution in [0.5, 0.6) is 5.75 Å². The van der Waals surface area contributed by atoms with Gasteiger partial charge in [-0.2, -0.15) is 13.9 Å². The summed E-state index contributed by atoms with van der Waals surface area (Å²) < 4.78 is 29.7. The predicted octanol–water partition coefficient (Wildman–Crippen LogP) is 3.30. The number of rotatable bonds is 3. The van der Waals surface area contributed by atoms with Crippen LogP contribution < -0.4 is 4.74 Å². The number of carbonyl (C=O) groups excluding carboxylic acids is 1. The van der Waals surface area contributed by atoms with E-state index < -0.39 is 11.6 Å². The standard InChI is InChI=1S/C18H17ClF2N4O2/c1-10-7-18(2,19)22-15-12-8-24(9-13(12)23-25(10)15)16(26)11-5-3-4-6-14(11)27-17(20)21/h3-7,12,17H,8-9H2,1-2H3. The van der Waals surface area contributed by atoms with Gasteiger partial charge in [0.1, 0.15) is 11.6 Å². The second-order valence-electron chi connectivity index (χ2n) is 6.80. The lowest BCUT2D eigenvalue weighted by atomic mass is 10.1. The van der Waals surface area contributed by atoms with Crippen molar-refractivity contribution in [2.75, 3.05) is 13.1 Å². The molecule has 1 aromatic rings. The zero-order valence-electron chi connectivity index (χ0n) is 14.7. The number of ether oxygens (including phenoxy) is 1. The molecule has 0 saturated carbocycles. The quantitative estimate of drug-likeness (QED) is 0.584. The van der Waals surface area contributed by atoms with E-state index in [0.717, 1.165) is 11.4 Å². The summed E-state index contributed by atoms with van der Waals surface area (Å²) in [6.07, 6.45) is 1.82. The first-order chi connectivity index (χ1) is 12.7. The molecule has 3 aliphatic heterocycles. The lowest BCUT2D eigenvalue weighted by molar-refractivity contribution is -0.0502. The van der Waals surface area contributed by atoms with Crippen LogP contribution in [0.4, 0.5) is 8.78 Å². The topological polar surface area (TPSA) is 57.5 Å². The van der Waals surface area contributed by atoms with Gasteiger partial charge in [0.25, 0.3) is 5.91 Å². The minimum Gasteiger partial charge on any atom is -0.434 e. The minimum atomic E-state index is -3.00. The van der Waals surface area contributed by atoms with Crippen molar-refractivity contribution in [3.8, 4) is 5.75 Å². The third-order valence-corrected chi connectivity index (χ3v) is 4.87. The maximum atomic E-state index is 12.9. The van der Waals surface area contributed by atoms with Crippen molar-refractivity contribution >= 4 is 29.1 Å². The zero-order chi connectivity index (χ0) is 19.3. The molecule has 0 bridgehead atoms. The van der Waals surface area contributed by atoms with E-state index in [4.69, 9.17) is 11.6 Å². The molecular weight excluding hydrogens is 378 g/mol. The Labute approximate surface area is 159 Å². The molecule has 0 N–H and O–H groups in total. The third-order valence-electron chi connectivity index (χ3n) is 4.68. The number of amides is 1. The van der Waals surface area contributed by atoms with Crippen LogP contribution in [0.25, 0.3) is 0 Å². The van der Waals surface area contributed by atoms with Crippen LogP contribution in [0.15, 0.2) is 46.1 Å². The van der Waals surface area contributed by atoms with Crippen molar-refractivity contribution in [1.29, 1.82) is 0 Å². The number of carbonyl (C=O) groups is 1. The maximum Gasteiger partial charge on any atom is 0.387 e. The Hall–Kier alpha value is -2.48. The average Bonchev–Trinajstić information content (AvgIpc) is 3.12. The summed E-state index contributed by atoms with van der Waals surface area (Å²) >= 11 is 6.38. The lowest BCUT2D eigenvalue weighted by Gasteiger charge is -2.29. The highest BCUT2D eigenvalue weighted by molar-refractivity contribution is 6.26. The summed E-state index contributed by atoms with van der Waals surface area (Å²) in [4.78, 5) is 18.1. The smallest absolute Gasteiger partial charge is 0.387 e. The Bertz CT molecular complexity index is 897. The number of amidine groups is 1. The summed E-state index contributed by atoms with van der Waals surface area (Å²) in [6.45, 7) is 1.35. The minimum absolute atomic E-state index is 0.0964. The van der Waals surface area contributed by atoms with Gasteiger partial charge in [-0.15, -0.1) is 0 Å². The Morgan fingerprint density at radius 2 is 2.15 bits per heavy atom. The summed E-state index contributed by atoms with van der Waals surface area (Å²) in [6, 6.07) is 5.99. The van der Waals surface area contributed by atoms with Gasteiger partial charge in [-0.1, -0.05) is 23.7 Å². The Balaban J connectivity index is 1.59. The highest BCUT2D eigenvalue weighted by Crippen LogP contribution is 2.36. The maximum absolute atomic E-state index is 12.9. The molecule has 3 aliphatic rings. The number of fused-ring (bicyclic) bond motifs is 3. The molecule has 1 saturated heterocycles. The number of likely N-dealkylation sites (tertiary alicyclic amines) is 1. The first kappa shape index (κ1) is 17.9. The van der Waals surface area contributed by atoms with Crippen molar-refractivity contribution in [2.24, 2.45) is 16.0 Å². The lowest BCUT2D eigenvalue weighted by Crippen LogP contribution is -2.37. The monoisotopic (exact) mass is 394 g/mol. The molecule has 1 aromatic carbocycles. The van der Waals surface area contributed by atoms with Gasteiger partial charge in [0.2, 0.25) is 0 Å². The normalized spacial score (nSPS) is 26.4. The van der Waals surface area contributed by atoms with E-state index >= 15 is 0 Å². The third kappa shape index (κ3) is 3.18. The largest absolute Gasteiger partial charge is 0.434 e. The number of hydrazone groups is 1. The van der Waals surface area contributed by atoms with Crippen LogP contribution in [0.1, 0.15) is 24.2 Å². The molecule has 4 rings (SSSR count). The van der Waals surface area contributed by atoms with Gasteiger partial charge in [0, 0.05) is 12.2 Å². The van der Waals surface area contributed by atoms with Gasteiger partial charge in [-0.05, 0) is 32.1 Å². The zero-order valence-corrected chi connectivity index (χ0v) is 15.5. The number of allylic oxidation sites excluding steroid dienone is 1. The Morgan fingerprint density at radius 3 is 2.89 bits per heavy atom. The van der Waals surface area contributed by atoms with Crippen molar-refractivity contribution in [1.82, 2.24) is 9.91 Å². The Kier molecular flexibility index (Phi) is 4.18. The van der Waals surface area contributed by atoms with Gasteiger partial charge < -0.3 is 9.64 Å². The molecule has 6 nitrogen and oxygen atoms in total. The second-order valence-corrected chi connectivity index (χ2v) is 7.56. The van der Waals surface area contributed by atoms with E-state index in [1.165, 1.54) is 12.1 Å². The molecule has 1 amide bonds. The molecule has 3 heterocycles. The van der Waals surface area contributed by atoms with Crippen LogP contribution in [0, 0.1) is 5.92 Å². The predicted molar refractivity (Wildman–Crippen MR) is 97.2 cm³/mol. The number of halogens is 3. The fourth-order valence-corrected chi connectivity index (χ4v) is 3.85. The molecule has 9 heteroatoms. The van der Waals surface area contributed by atoms with Gasteiger partial charge in [0.05, 0.1) is 23.7 Å². The number of para-hydroxylation sites is 1. The first-order valence-corrected chi connectivity index (χ1v) is 8.82. The molecule has 0 aliphatic carbocycles. The van der Waals surface area contributed by atoms with Crippen molar-refractivity contribution in [2.45, 2.75) is 25.5 Å². The van der Waals surface area contributed by atoms with Gasteiger partial charge in [-0.3, -0.25) is 4.79 Å². The number of hydrogen-bond acceptors (Lipinski definition) is 5. The van der Waals surface area contributed by atoms with E-state index in [1.807, 2.05) is 13.0 Å². The number of hydrogen-bond donors (Lipinski definition) is 0. The van der Waals surface area contributed by atoms with Crippen LogP contribution >= 0.6 is 11.6 Å². The van der Waals surface area contributed by atoms with E-state index in [1.54, 1.807) is 29.0 Å². The van der Waals surface area contributed by atoms with E-state index in [2.05, 4.69) is 14.8 Å². The van der Waals surface area contributed by atoms with Crippen molar-refractivity contribution < 1.29 is 18.3 Å². The van der Waals surface area contributed by atoms with Crippen LogP contribution in [0.2, 0.25) is 0 Å². The summed E-state index contributed by atoms with van der Waals surface area (Å²) in [5.41, 5.74) is 1.78. The van der Waals surface area contributed by atoms with Crippen LogP contribution in [0.3, 0.4) is 0 Å². The molecule has 0 radical (unpaired) electrons. The molecule has 2 atom stereocenters. The summed E-state index contributed by atoms with van der Waals surface area (Å²) in [5.74, 6) is 0.0289. The van der Waals surface area contributed by atoms with Gasteiger partial charge in [-0.25, -0.2) is 10.0 Å². The second kappa shape index (κ2) is 6.30. The fourth-order valence-electron chi connectivity index (χ4n) is 3.61. The number of aliphatic imine (C=N–C) groups is 1. The number of benzene rings is 1. The van der Waals surface area contributed by atoms with Gasteiger partial charge in [0.15, 0.2) is 5.00 Å². The van der Waals surface area contributed by atoms with Crippen molar-refractivity contribution in [3.63, 3.8) is 0 Å². The SMILES string of the molecule is CC1=CC(C)(Cl)N=C2C3CN(C(=O)c4ccccc4OC(F)F)CC3=NN12.